The van der Waals surface area contributed by atoms with Crippen molar-refractivity contribution in [1.82, 2.24) is 25.1 Å². The van der Waals surface area contributed by atoms with Crippen LogP contribution < -0.4 is 5.32 Å². The molecule has 8 heteroatoms. The van der Waals surface area contributed by atoms with E-state index in [9.17, 15) is 4.79 Å². The average Bonchev–Trinajstić information content (AvgIpc) is 3.03. The molecule has 1 N–H and O–H groups in total. The van der Waals surface area contributed by atoms with Gasteiger partial charge in [0.2, 0.25) is 0 Å². The van der Waals surface area contributed by atoms with E-state index in [1.165, 1.54) is 0 Å². The molecule has 0 aliphatic carbocycles. The van der Waals surface area contributed by atoms with E-state index in [4.69, 9.17) is 23.2 Å². The maximum absolute atomic E-state index is 11.9. The van der Waals surface area contributed by atoms with Crippen LogP contribution in [-0.4, -0.2) is 32.2 Å². The number of carbonyl (C=O) groups excluding carboxylic acids is 1. The number of rotatable bonds is 2. The second-order valence-electron chi connectivity index (χ2n) is 5.26. The van der Waals surface area contributed by atoms with E-state index in [1.807, 2.05) is 0 Å². The van der Waals surface area contributed by atoms with Crippen LogP contribution >= 0.6 is 23.2 Å². The van der Waals surface area contributed by atoms with Gasteiger partial charge in [0.25, 0.3) is 5.91 Å². The fourth-order valence-electron chi connectivity index (χ4n) is 2.57. The molecule has 1 amide bonds. The van der Waals surface area contributed by atoms with Crippen LogP contribution in [0.4, 0.5) is 0 Å². The average molecular weight is 360 g/mol. The first-order chi connectivity index (χ1) is 11.6. The minimum Gasteiger partial charge on any atom is -0.349 e. The van der Waals surface area contributed by atoms with Crippen LogP contribution in [0.3, 0.4) is 0 Å². The number of amides is 1. The number of aromatic nitrogens is 4. The molecule has 0 spiro atoms. The van der Waals surface area contributed by atoms with Crippen molar-refractivity contribution in [2.75, 3.05) is 6.54 Å². The third-order valence-corrected chi connectivity index (χ3v) is 4.55. The molecule has 0 unspecified atom stereocenters. The van der Waals surface area contributed by atoms with Crippen molar-refractivity contribution < 1.29 is 4.79 Å². The van der Waals surface area contributed by atoms with Gasteiger partial charge in [-0.2, -0.15) is 5.10 Å². The molecule has 0 bridgehead atoms. The lowest BCUT2D eigenvalue weighted by molar-refractivity contribution is 0.0924. The summed E-state index contributed by atoms with van der Waals surface area (Å²) in [5.74, 6) is 0.322. The largest absolute Gasteiger partial charge is 0.349 e. The summed E-state index contributed by atoms with van der Waals surface area (Å²) >= 11 is 12.3. The summed E-state index contributed by atoms with van der Waals surface area (Å²) in [4.78, 5) is 20.7. The van der Waals surface area contributed by atoms with Gasteiger partial charge in [0.15, 0.2) is 5.82 Å². The molecule has 1 aliphatic rings. The van der Waals surface area contributed by atoms with Gasteiger partial charge >= 0.3 is 0 Å². The third-order valence-electron chi connectivity index (χ3n) is 3.73. The van der Waals surface area contributed by atoms with E-state index in [0.29, 0.717) is 51.6 Å². The molecule has 0 atom stereocenters. The summed E-state index contributed by atoms with van der Waals surface area (Å²) in [5, 5.41) is 8.09. The molecular formula is C16H11Cl2N5O. The quantitative estimate of drug-likeness (QED) is 0.762. The highest BCUT2D eigenvalue weighted by atomic mass is 35.5. The standard InChI is InChI=1S/C16H11Cl2N5O/c17-10-3-1-2-9(14(10)18)15-19-5-4-11(21-15)12-8-13-16(24)20-6-7-23(13)22-12/h1-5,8H,6-7H2,(H,20,24). The van der Waals surface area contributed by atoms with Crippen molar-refractivity contribution in [3.8, 4) is 22.8 Å². The summed E-state index contributed by atoms with van der Waals surface area (Å²) in [5.41, 5.74) is 2.40. The van der Waals surface area contributed by atoms with E-state index in [0.717, 1.165) is 0 Å². The lowest BCUT2D eigenvalue weighted by Crippen LogP contribution is -2.35. The van der Waals surface area contributed by atoms with Crippen molar-refractivity contribution in [3.05, 3.63) is 52.3 Å². The van der Waals surface area contributed by atoms with Gasteiger partial charge in [0, 0.05) is 18.3 Å². The molecular weight excluding hydrogens is 349 g/mol. The van der Waals surface area contributed by atoms with E-state index in [-0.39, 0.29) is 5.91 Å². The number of hydrogen-bond acceptors (Lipinski definition) is 4. The Morgan fingerprint density at radius 1 is 1.17 bits per heavy atom. The van der Waals surface area contributed by atoms with Gasteiger partial charge in [-0.1, -0.05) is 29.3 Å². The Kier molecular flexibility index (Phi) is 3.70. The molecule has 0 radical (unpaired) electrons. The predicted molar refractivity (Wildman–Crippen MR) is 91.0 cm³/mol. The predicted octanol–water partition coefficient (Wildman–Crippen LogP) is 3.06. The van der Waals surface area contributed by atoms with Gasteiger partial charge in [-0.3, -0.25) is 9.48 Å². The molecule has 0 fully saturated rings. The number of hydrogen-bond donors (Lipinski definition) is 1. The minimum atomic E-state index is -0.132. The SMILES string of the molecule is O=C1NCCn2nc(-c3ccnc(-c4cccc(Cl)c4Cl)n3)cc21. The number of nitrogens with zero attached hydrogens (tertiary/aromatic N) is 4. The molecule has 1 aliphatic heterocycles. The maximum Gasteiger partial charge on any atom is 0.269 e. The van der Waals surface area contributed by atoms with Crippen LogP contribution in [-0.2, 0) is 6.54 Å². The van der Waals surface area contributed by atoms with E-state index >= 15 is 0 Å². The summed E-state index contributed by atoms with van der Waals surface area (Å²) in [6.45, 7) is 1.21. The summed E-state index contributed by atoms with van der Waals surface area (Å²) in [6, 6.07) is 8.77. The van der Waals surface area contributed by atoms with Gasteiger partial charge < -0.3 is 5.32 Å². The van der Waals surface area contributed by atoms with Crippen LogP contribution in [0.5, 0.6) is 0 Å². The molecule has 120 valence electrons. The highest BCUT2D eigenvalue weighted by Gasteiger charge is 2.20. The van der Waals surface area contributed by atoms with Crippen molar-refractivity contribution in [2.24, 2.45) is 0 Å². The highest BCUT2D eigenvalue weighted by Crippen LogP contribution is 2.32. The van der Waals surface area contributed by atoms with Gasteiger partial charge in [-0.05, 0) is 24.3 Å². The molecule has 1 aromatic carbocycles. The first-order valence-corrected chi connectivity index (χ1v) is 8.03. The number of nitrogens with one attached hydrogen (secondary N) is 1. The Bertz CT molecular complexity index is 953. The Balaban J connectivity index is 1.78. The number of halogens is 2. The van der Waals surface area contributed by atoms with Gasteiger partial charge in [0.05, 0.1) is 22.3 Å². The van der Waals surface area contributed by atoms with Crippen LogP contribution in [0, 0.1) is 0 Å². The van der Waals surface area contributed by atoms with E-state index in [1.54, 1.807) is 41.2 Å². The van der Waals surface area contributed by atoms with Crippen molar-refractivity contribution in [3.63, 3.8) is 0 Å². The summed E-state index contributed by atoms with van der Waals surface area (Å²) in [6.07, 6.45) is 1.63. The highest BCUT2D eigenvalue weighted by molar-refractivity contribution is 6.43. The second kappa shape index (κ2) is 5.89. The van der Waals surface area contributed by atoms with Crippen molar-refractivity contribution in [1.29, 1.82) is 0 Å². The smallest absolute Gasteiger partial charge is 0.269 e. The zero-order valence-electron chi connectivity index (χ0n) is 12.3. The number of carbonyl (C=O) groups is 1. The fraction of sp³-hybridized carbons (Fsp3) is 0.125. The van der Waals surface area contributed by atoms with Gasteiger partial charge in [0.1, 0.15) is 11.4 Å². The zero-order valence-corrected chi connectivity index (χ0v) is 13.8. The van der Waals surface area contributed by atoms with Crippen LogP contribution in [0.25, 0.3) is 22.8 Å². The molecule has 3 aromatic rings. The minimum absolute atomic E-state index is 0.132. The molecule has 6 nitrogen and oxygen atoms in total. The molecule has 0 saturated heterocycles. The van der Waals surface area contributed by atoms with E-state index < -0.39 is 0 Å². The molecule has 3 heterocycles. The maximum atomic E-state index is 11.9. The number of benzene rings is 1. The van der Waals surface area contributed by atoms with Crippen molar-refractivity contribution in [2.45, 2.75) is 6.54 Å². The Morgan fingerprint density at radius 2 is 2.04 bits per heavy atom. The molecule has 4 rings (SSSR count). The first kappa shape index (κ1) is 15.1. The van der Waals surface area contributed by atoms with Crippen molar-refractivity contribution >= 4 is 29.1 Å². The summed E-state index contributed by atoms with van der Waals surface area (Å²) in [7, 11) is 0. The van der Waals surface area contributed by atoms with Gasteiger partial charge in [-0.25, -0.2) is 9.97 Å². The van der Waals surface area contributed by atoms with Crippen LogP contribution in [0.15, 0.2) is 36.5 Å². The van der Waals surface area contributed by atoms with Gasteiger partial charge in [-0.15, -0.1) is 0 Å². The molecule has 24 heavy (non-hydrogen) atoms. The molecule has 0 saturated carbocycles. The lowest BCUT2D eigenvalue weighted by Gasteiger charge is -2.13. The first-order valence-electron chi connectivity index (χ1n) is 7.27. The zero-order chi connectivity index (χ0) is 16.7. The number of fused-ring (bicyclic) bond motifs is 1. The van der Waals surface area contributed by atoms with Crippen LogP contribution in [0.2, 0.25) is 10.0 Å². The Hall–Kier alpha value is -2.44. The topological polar surface area (TPSA) is 72.7 Å². The lowest BCUT2D eigenvalue weighted by atomic mass is 10.2. The molecule has 2 aromatic heterocycles. The normalized spacial score (nSPS) is 13.5. The third kappa shape index (κ3) is 2.53. The second-order valence-corrected chi connectivity index (χ2v) is 6.05. The van der Waals surface area contributed by atoms with Crippen LogP contribution in [0.1, 0.15) is 10.5 Å². The fourth-order valence-corrected chi connectivity index (χ4v) is 2.95. The summed E-state index contributed by atoms with van der Waals surface area (Å²) < 4.78 is 1.68. The van der Waals surface area contributed by atoms with E-state index in [2.05, 4.69) is 20.4 Å². The Morgan fingerprint density at radius 3 is 2.88 bits per heavy atom. The monoisotopic (exact) mass is 359 g/mol. The Labute approximate surface area is 147 Å².